The van der Waals surface area contributed by atoms with Crippen LogP contribution in [0.15, 0.2) is 0 Å². The van der Waals surface area contributed by atoms with Crippen LogP contribution in [0.1, 0.15) is 12.8 Å². The molecule has 0 aromatic carbocycles. The lowest BCUT2D eigenvalue weighted by Crippen LogP contribution is -2.05. The Morgan fingerprint density at radius 3 is 2.46 bits per heavy atom. The highest BCUT2D eigenvalue weighted by Gasteiger charge is 1.95. The monoisotopic (exact) mass is 192 g/mol. The first-order valence-corrected chi connectivity index (χ1v) is 4.19. The summed E-state index contributed by atoms with van der Waals surface area (Å²) in [5.41, 5.74) is 0. The molecule has 0 aromatic rings. The molecule has 13 heavy (non-hydrogen) atoms. The first kappa shape index (κ1) is 12.2. The topological polar surface area (TPSA) is 65.0 Å². The van der Waals surface area contributed by atoms with Crippen LogP contribution < -0.4 is 0 Å². The van der Waals surface area contributed by atoms with Crippen LogP contribution in [-0.2, 0) is 14.2 Å². The van der Waals surface area contributed by atoms with Crippen LogP contribution in [0, 0.1) is 0 Å². The van der Waals surface area contributed by atoms with Gasteiger partial charge in [-0.3, -0.25) is 0 Å². The maximum Gasteiger partial charge on any atom is 0.505 e. The highest BCUT2D eigenvalue weighted by atomic mass is 16.7. The second kappa shape index (κ2) is 9.28. The Morgan fingerprint density at radius 1 is 1.15 bits per heavy atom. The largest absolute Gasteiger partial charge is 0.505 e. The summed E-state index contributed by atoms with van der Waals surface area (Å²) in [6.45, 7) is 2.03. The summed E-state index contributed by atoms with van der Waals surface area (Å²) in [6.07, 6.45) is 0.274. The van der Waals surface area contributed by atoms with E-state index in [4.69, 9.17) is 14.6 Å². The van der Waals surface area contributed by atoms with E-state index in [-0.39, 0.29) is 6.61 Å². The molecular weight excluding hydrogens is 176 g/mol. The Morgan fingerprint density at radius 2 is 1.85 bits per heavy atom. The van der Waals surface area contributed by atoms with E-state index in [1.54, 1.807) is 7.11 Å². The number of carboxylic acid groups (broad SMARTS) is 1. The molecule has 0 bridgehead atoms. The van der Waals surface area contributed by atoms with Crippen molar-refractivity contribution in [2.45, 2.75) is 12.8 Å². The normalized spacial score (nSPS) is 9.92. The van der Waals surface area contributed by atoms with E-state index in [2.05, 4.69) is 4.74 Å². The minimum atomic E-state index is -1.22. The van der Waals surface area contributed by atoms with E-state index in [0.717, 1.165) is 6.42 Å². The van der Waals surface area contributed by atoms with Crippen molar-refractivity contribution in [1.82, 2.24) is 0 Å². The minimum absolute atomic E-state index is 0.239. The van der Waals surface area contributed by atoms with Crippen LogP contribution in [0.25, 0.3) is 0 Å². The van der Waals surface area contributed by atoms with E-state index >= 15 is 0 Å². The summed E-state index contributed by atoms with van der Waals surface area (Å²) in [7, 11) is 1.62. The van der Waals surface area contributed by atoms with Crippen molar-refractivity contribution in [1.29, 1.82) is 0 Å². The quantitative estimate of drug-likeness (QED) is 0.461. The van der Waals surface area contributed by atoms with E-state index in [1.807, 2.05) is 0 Å². The van der Waals surface area contributed by atoms with E-state index in [1.165, 1.54) is 0 Å². The number of rotatable bonds is 8. The molecule has 0 spiro atoms. The molecule has 0 heterocycles. The molecule has 78 valence electrons. The molecule has 1 N–H and O–H groups in total. The summed E-state index contributed by atoms with van der Waals surface area (Å²) in [6, 6.07) is 0. The van der Waals surface area contributed by atoms with Crippen molar-refractivity contribution in [2.75, 3.05) is 33.5 Å². The lowest BCUT2D eigenvalue weighted by molar-refractivity contribution is 0.0617. The Kier molecular flexibility index (Phi) is 8.70. The maximum atomic E-state index is 9.90. The van der Waals surface area contributed by atoms with Gasteiger partial charge in [0.15, 0.2) is 0 Å². The third kappa shape index (κ3) is 11.2. The van der Waals surface area contributed by atoms with Crippen LogP contribution in [0.2, 0.25) is 0 Å². The molecule has 0 unspecified atom stereocenters. The summed E-state index contributed by atoms with van der Waals surface area (Å²) >= 11 is 0. The fraction of sp³-hybridized carbons (Fsp3) is 0.875. The van der Waals surface area contributed by atoms with Gasteiger partial charge in [-0.2, -0.15) is 0 Å². The molecule has 0 aliphatic heterocycles. The van der Waals surface area contributed by atoms with Gasteiger partial charge in [0.2, 0.25) is 0 Å². The van der Waals surface area contributed by atoms with Crippen molar-refractivity contribution in [3.8, 4) is 0 Å². The zero-order chi connectivity index (χ0) is 9.94. The van der Waals surface area contributed by atoms with Gasteiger partial charge in [0.1, 0.15) is 0 Å². The molecule has 5 heteroatoms. The molecule has 0 saturated heterocycles. The van der Waals surface area contributed by atoms with Crippen molar-refractivity contribution < 1.29 is 24.1 Å². The number of ether oxygens (including phenoxy) is 3. The SMILES string of the molecule is COCCOCCCCOC(=O)O. The predicted octanol–water partition coefficient (Wildman–Crippen LogP) is 1.12. The van der Waals surface area contributed by atoms with E-state index in [0.29, 0.717) is 26.2 Å². The van der Waals surface area contributed by atoms with E-state index < -0.39 is 6.16 Å². The number of hydrogen-bond acceptors (Lipinski definition) is 4. The molecule has 5 nitrogen and oxygen atoms in total. The Bertz CT molecular complexity index is 126. The molecule has 0 atom stereocenters. The summed E-state index contributed by atoms with van der Waals surface area (Å²) in [4.78, 5) is 9.90. The fourth-order valence-corrected chi connectivity index (χ4v) is 0.710. The van der Waals surface area contributed by atoms with Crippen LogP contribution in [0.4, 0.5) is 4.79 Å². The van der Waals surface area contributed by atoms with Gasteiger partial charge >= 0.3 is 6.16 Å². The van der Waals surface area contributed by atoms with Gasteiger partial charge in [-0.05, 0) is 12.8 Å². The van der Waals surface area contributed by atoms with Crippen LogP contribution in [0.5, 0.6) is 0 Å². The maximum absolute atomic E-state index is 9.90. The molecule has 0 aliphatic carbocycles. The van der Waals surface area contributed by atoms with Crippen LogP contribution in [0.3, 0.4) is 0 Å². The average molecular weight is 192 g/mol. The van der Waals surface area contributed by atoms with Crippen molar-refractivity contribution in [3.63, 3.8) is 0 Å². The van der Waals surface area contributed by atoms with Crippen molar-refractivity contribution in [2.24, 2.45) is 0 Å². The second-order valence-electron chi connectivity index (χ2n) is 2.43. The molecule has 0 aliphatic rings. The number of methoxy groups -OCH3 is 1. The summed E-state index contributed by atoms with van der Waals surface area (Å²) in [5, 5.41) is 8.12. The Labute approximate surface area is 77.6 Å². The molecular formula is C8H16O5. The number of unbranched alkanes of at least 4 members (excludes halogenated alkanes) is 1. The van der Waals surface area contributed by atoms with Crippen LogP contribution >= 0.6 is 0 Å². The average Bonchev–Trinajstić information content (AvgIpc) is 2.09. The van der Waals surface area contributed by atoms with Gasteiger partial charge in [0, 0.05) is 13.7 Å². The predicted molar refractivity (Wildman–Crippen MR) is 45.9 cm³/mol. The first-order valence-electron chi connectivity index (χ1n) is 4.19. The van der Waals surface area contributed by atoms with Gasteiger partial charge in [0.05, 0.1) is 19.8 Å². The Hall–Kier alpha value is -0.810. The second-order valence-corrected chi connectivity index (χ2v) is 2.43. The zero-order valence-corrected chi connectivity index (χ0v) is 7.82. The van der Waals surface area contributed by atoms with Gasteiger partial charge in [-0.1, -0.05) is 0 Å². The molecule has 0 rings (SSSR count). The van der Waals surface area contributed by atoms with Crippen LogP contribution in [-0.4, -0.2) is 44.8 Å². The zero-order valence-electron chi connectivity index (χ0n) is 7.82. The molecule has 0 aromatic heterocycles. The summed E-state index contributed by atoms with van der Waals surface area (Å²) in [5.74, 6) is 0. The van der Waals surface area contributed by atoms with Gasteiger partial charge < -0.3 is 19.3 Å². The van der Waals surface area contributed by atoms with Crippen molar-refractivity contribution in [3.05, 3.63) is 0 Å². The lowest BCUT2D eigenvalue weighted by Gasteiger charge is -2.02. The lowest BCUT2D eigenvalue weighted by atomic mass is 10.3. The smallest absolute Gasteiger partial charge is 0.450 e. The molecule has 0 fully saturated rings. The van der Waals surface area contributed by atoms with Gasteiger partial charge in [0.25, 0.3) is 0 Å². The van der Waals surface area contributed by atoms with Gasteiger partial charge in [-0.15, -0.1) is 0 Å². The minimum Gasteiger partial charge on any atom is -0.450 e. The third-order valence-corrected chi connectivity index (χ3v) is 1.34. The molecule has 0 saturated carbocycles. The fourth-order valence-electron chi connectivity index (χ4n) is 0.710. The first-order chi connectivity index (χ1) is 6.27. The van der Waals surface area contributed by atoms with E-state index in [9.17, 15) is 4.79 Å². The number of carbonyl (C=O) groups is 1. The van der Waals surface area contributed by atoms with Crippen molar-refractivity contribution >= 4 is 6.16 Å². The van der Waals surface area contributed by atoms with Gasteiger partial charge in [-0.25, -0.2) is 4.79 Å². The molecule has 0 amide bonds. The standard InChI is InChI=1S/C8H16O5/c1-11-6-7-12-4-2-3-5-13-8(9)10/h2-7H2,1H3,(H,9,10). The third-order valence-electron chi connectivity index (χ3n) is 1.34. The highest BCUT2D eigenvalue weighted by Crippen LogP contribution is 1.91. The number of hydrogen-bond donors (Lipinski definition) is 1. The highest BCUT2D eigenvalue weighted by molar-refractivity contribution is 5.56. The molecule has 0 radical (unpaired) electrons. The summed E-state index contributed by atoms with van der Waals surface area (Å²) < 4.78 is 14.2. The Balaban J connectivity index is 2.87.